The number of carbonyl (C=O) groups excluding carboxylic acids is 1. The predicted octanol–water partition coefficient (Wildman–Crippen LogP) is 4.80. The molecule has 0 heterocycles. The van der Waals surface area contributed by atoms with Crippen molar-refractivity contribution in [3.63, 3.8) is 0 Å². The van der Waals surface area contributed by atoms with Gasteiger partial charge in [0.05, 0.1) is 17.6 Å². The van der Waals surface area contributed by atoms with Gasteiger partial charge in [-0.15, -0.1) is 0 Å². The van der Waals surface area contributed by atoms with Gasteiger partial charge in [-0.1, -0.05) is 44.7 Å². The van der Waals surface area contributed by atoms with E-state index < -0.39 is 16.0 Å². The fraction of sp³-hybridized carbons (Fsp3) is 0.650. The molecule has 0 aliphatic heterocycles. The molecule has 0 N–H and O–H groups in total. The zero-order chi connectivity index (χ0) is 20.2. The van der Waals surface area contributed by atoms with Gasteiger partial charge in [0.1, 0.15) is 0 Å². The number of halogens is 1. The van der Waals surface area contributed by atoms with E-state index in [1.54, 1.807) is 11.2 Å². The summed E-state index contributed by atoms with van der Waals surface area (Å²) in [5.41, 5.74) is 0.619. The Morgan fingerprint density at radius 1 is 1.33 bits per heavy atom. The van der Waals surface area contributed by atoms with Crippen molar-refractivity contribution < 1.29 is 17.9 Å². The maximum atomic E-state index is 13.6. The second-order valence-corrected chi connectivity index (χ2v) is 9.73. The van der Waals surface area contributed by atoms with Crippen LogP contribution in [0.5, 0.6) is 0 Å². The number of nitrogens with zero attached hydrogens (tertiary/aromatic N) is 1. The first-order valence-electron chi connectivity index (χ1n) is 9.62. The zero-order valence-corrected chi connectivity index (χ0v) is 18.2. The number of benzene rings is 1. The maximum absolute atomic E-state index is 13.6. The molecule has 1 aromatic carbocycles. The SMILES string of the molecule is CCCCN(C1CCCC(C)C1)S(=O)(=O)c1cc(C(=O)OC)cc(Cl)c1C. The van der Waals surface area contributed by atoms with Gasteiger partial charge >= 0.3 is 5.97 Å². The van der Waals surface area contributed by atoms with Gasteiger partial charge < -0.3 is 4.74 Å². The quantitative estimate of drug-likeness (QED) is 0.599. The minimum absolute atomic E-state index is 0.00902. The highest BCUT2D eigenvalue weighted by Crippen LogP contribution is 2.34. The molecule has 0 spiro atoms. The van der Waals surface area contributed by atoms with E-state index in [0.29, 0.717) is 18.0 Å². The van der Waals surface area contributed by atoms with Gasteiger partial charge in [0, 0.05) is 17.6 Å². The number of rotatable bonds is 7. The first-order chi connectivity index (χ1) is 12.7. The molecule has 0 aromatic heterocycles. The minimum atomic E-state index is -3.77. The largest absolute Gasteiger partial charge is 0.465 e. The van der Waals surface area contributed by atoms with Crippen molar-refractivity contribution in [3.05, 3.63) is 28.3 Å². The summed E-state index contributed by atoms with van der Waals surface area (Å²) in [4.78, 5) is 12.1. The second kappa shape index (κ2) is 9.39. The summed E-state index contributed by atoms with van der Waals surface area (Å²) < 4.78 is 33.6. The third kappa shape index (κ3) is 5.04. The smallest absolute Gasteiger partial charge is 0.337 e. The molecule has 27 heavy (non-hydrogen) atoms. The van der Waals surface area contributed by atoms with Crippen LogP contribution < -0.4 is 0 Å². The van der Waals surface area contributed by atoms with Crippen molar-refractivity contribution in [3.8, 4) is 0 Å². The van der Waals surface area contributed by atoms with Crippen LogP contribution in [0.3, 0.4) is 0 Å². The molecule has 1 fully saturated rings. The number of esters is 1. The highest BCUT2D eigenvalue weighted by Gasteiger charge is 2.35. The monoisotopic (exact) mass is 415 g/mol. The fourth-order valence-corrected chi connectivity index (χ4v) is 6.01. The first-order valence-corrected chi connectivity index (χ1v) is 11.4. The van der Waals surface area contributed by atoms with Crippen LogP contribution in [0.2, 0.25) is 5.02 Å². The van der Waals surface area contributed by atoms with Crippen molar-refractivity contribution >= 4 is 27.6 Å². The molecule has 0 amide bonds. The molecule has 2 rings (SSSR count). The van der Waals surface area contributed by atoms with E-state index in [1.807, 2.05) is 6.92 Å². The molecule has 0 radical (unpaired) electrons. The number of carbonyl (C=O) groups is 1. The van der Waals surface area contributed by atoms with Crippen LogP contribution in [-0.4, -0.2) is 38.4 Å². The lowest BCUT2D eigenvalue weighted by molar-refractivity contribution is 0.0600. The van der Waals surface area contributed by atoms with Crippen molar-refractivity contribution in [2.24, 2.45) is 5.92 Å². The molecular formula is C20H30ClNO4S. The Labute approximate surface area is 168 Å². The Kier molecular flexibility index (Phi) is 7.72. The van der Waals surface area contributed by atoms with Gasteiger partial charge in [0.15, 0.2) is 0 Å². The molecule has 152 valence electrons. The van der Waals surface area contributed by atoms with Crippen molar-refractivity contribution in [1.82, 2.24) is 4.31 Å². The molecule has 1 saturated carbocycles. The van der Waals surface area contributed by atoms with E-state index in [4.69, 9.17) is 16.3 Å². The van der Waals surface area contributed by atoms with Crippen LogP contribution in [0.1, 0.15) is 68.3 Å². The zero-order valence-electron chi connectivity index (χ0n) is 16.6. The van der Waals surface area contributed by atoms with E-state index in [-0.39, 0.29) is 21.5 Å². The number of hydrogen-bond acceptors (Lipinski definition) is 4. The molecule has 1 aliphatic rings. The van der Waals surface area contributed by atoms with Crippen LogP contribution >= 0.6 is 11.6 Å². The van der Waals surface area contributed by atoms with Gasteiger partial charge in [-0.2, -0.15) is 4.31 Å². The lowest BCUT2D eigenvalue weighted by atomic mass is 9.87. The molecule has 0 saturated heterocycles. The number of ether oxygens (including phenoxy) is 1. The molecule has 5 nitrogen and oxygen atoms in total. The second-order valence-electron chi connectivity index (χ2n) is 7.47. The van der Waals surface area contributed by atoms with Crippen LogP contribution in [0.4, 0.5) is 0 Å². The van der Waals surface area contributed by atoms with E-state index in [0.717, 1.165) is 38.5 Å². The van der Waals surface area contributed by atoms with Gasteiger partial charge in [-0.3, -0.25) is 0 Å². The summed E-state index contributed by atoms with van der Waals surface area (Å²) in [6.07, 6.45) is 5.62. The fourth-order valence-electron chi connectivity index (χ4n) is 3.76. The van der Waals surface area contributed by atoms with E-state index in [1.165, 1.54) is 19.2 Å². The summed E-state index contributed by atoms with van der Waals surface area (Å²) in [5, 5.41) is 0.254. The first kappa shape index (κ1) is 22.2. The van der Waals surface area contributed by atoms with Crippen molar-refractivity contribution in [1.29, 1.82) is 0 Å². The number of unbranched alkanes of at least 4 members (excludes halogenated alkanes) is 1. The van der Waals surface area contributed by atoms with Crippen LogP contribution in [-0.2, 0) is 14.8 Å². The Morgan fingerprint density at radius 3 is 2.63 bits per heavy atom. The Hall–Kier alpha value is -1.11. The normalized spacial score (nSPS) is 20.7. The van der Waals surface area contributed by atoms with Gasteiger partial charge in [-0.05, 0) is 49.8 Å². The van der Waals surface area contributed by atoms with Crippen LogP contribution in [0.15, 0.2) is 17.0 Å². The van der Waals surface area contributed by atoms with E-state index in [9.17, 15) is 13.2 Å². The maximum Gasteiger partial charge on any atom is 0.337 e. The van der Waals surface area contributed by atoms with Gasteiger partial charge in [-0.25, -0.2) is 13.2 Å². The summed E-state index contributed by atoms with van der Waals surface area (Å²) in [6.45, 7) is 6.39. The van der Waals surface area contributed by atoms with Crippen LogP contribution in [0, 0.1) is 12.8 Å². The number of hydrogen-bond donors (Lipinski definition) is 0. The van der Waals surface area contributed by atoms with Crippen LogP contribution in [0.25, 0.3) is 0 Å². The van der Waals surface area contributed by atoms with Gasteiger partial charge in [0.2, 0.25) is 10.0 Å². The number of methoxy groups -OCH3 is 1. The van der Waals surface area contributed by atoms with E-state index >= 15 is 0 Å². The molecule has 2 atom stereocenters. The Morgan fingerprint density at radius 2 is 2.04 bits per heavy atom. The van der Waals surface area contributed by atoms with E-state index in [2.05, 4.69) is 6.92 Å². The average molecular weight is 416 g/mol. The van der Waals surface area contributed by atoms with Crippen molar-refractivity contribution in [2.75, 3.05) is 13.7 Å². The Balaban J connectivity index is 2.51. The average Bonchev–Trinajstić information content (AvgIpc) is 2.63. The summed E-state index contributed by atoms with van der Waals surface area (Å²) >= 11 is 6.25. The molecule has 1 aliphatic carbocycles. The van der Waals surface area contributed by atoms with Gasteiger partial charge in [0.25, 0.3) is 0 Å². The van der Waals surface area contributed by atoms with Crippen molar-refractivity contribution in [2.45, 2.75) is 70.2 Å². The highest BCUT2D eigenvalue weighted by molar-refractivity contribution is 7.89. The minimum Gasteiger partial charge on any atom is -0.465 e. The third-order valence-corrected chi connectivity index (χ3v) is 7.82. The molecule has 7 heteroatoms. The summed E-state index contributed by atoms with van der Waals surface area (Å²) in [7, 11) is -2.51. The number of sulfonamides is 1. The third-order valence-electron chi connectivity index (χ3n) is 5.35. The standard InChI is InChI=1S/C20H30ClNO4S/c1-5-6-10-22(17-9-7-8-14(2)11-17)27(24,25)19-13-16(20(23)26-4)12-18(21)15(19)3/h12-14,17H,5-11H2,1-4H3. The molecular weight excluding hydrogens is 386 g/mol. The molecule has 2 unspecified atom stereocenters. The summed E-state index contributed by atoms with van der Waals surface area (Å²) in [6, 6.07) is 2.85. The molecule has 1 aromatic rings. The summed E-state index contributed by atoms with van der Waals surface area (Å²) in [5.74, 6) is -0.0890. The Bertz CT molecular complexity index is 778. The lowest BCUT2D eigenvalue weighted by Crippen LogP contribution is -2.43. The lowest BCUT2D eigenvalue weighted by Gasteiger charge is -2.36. The predicted molar refractivity (Wildman–Crippen MR) is 108 cm³/mol. The molecule has 0 bridgehead atoms. The highest BCUT2D eigenvalue weighted by atomic mass is 35.5. The topological polar surface area (TPSA) is 63.7 Å².